The first-order valence-electron chi connectivity index (χ1n) is 5.36. The minimum atomic E-state index is -0.0982. The molecule has 1 rings (SSSR count). The Balaban J connectivity index is 2.65. The molecule has 0 aliphatic heterocycles. The topological polar surface area (TPSA) is 45.7 Å². The fourth-order valence-electron chi connectivity index (χ4n) is 1.65. The van der Waals surface area contributed by atoms with E-state index in [1.165, 1.54) is 0 Å². The van der Waals surface area contributed by atoms with Crippen LogP contribution in [0.2, 0.25) is 5.02 Å². The Morgan fingerprint density at radius 1 is 1.44 bits per heavy atom. The Morgan fingerprint density at radius 3 is 2.69 bits per heavy atom. The Bertz CT molecular complexity index is 368. The maximum absolute atomic E-state index is 11.4. The highest BCUT2D eigenvalue weighted by Gasteiger charge is 2.18. The molecule has 0 aliphatic rings. The molecule has 1 aromatic carbocycles. The number of hydrogen-bond donors (Lipinski definition) is 2. The summed E-state index contributed by atoms with van der Waals surface area (Å²) in [5, 5.41) is 5.38. The molecule has 16 heavy (non-hydrogen) atoms. The van der Waals surface area contributed by atoms with E-state index in [-0.39, 0.29) is 18.0 Å². The molecule has 1 aromatic rings. The van der Waals surface area contributed by atoms with Gasteiger partial charge in [-0.25, -0.2) is 0 Å². The van der Waals surface area contributed by atoms with E-state index < -0.39 is 0 Å². The van der Waals surface area contributed by atoms with Gasteiger partial charge in [0.05, 0.1) is 0 Å². The number of carbonyl (C=O) groups is 1. The van der Waals surface area contributed by atoms with Crippen LogP contribution in [0.3, 0.4) is 0 Å². The minimum absolute atomic E-state index is 0.0360. The molecule has 2 atom stereocenters. The van der Waals surface area contributed by atoms with E-state index in [1.54, 1.807) is 7.05 Å². The van der Waals surface area contributed by atoms with E-state index in [1.807, 2.05) is 36.5 Å². The molecular weight excluding hydrogens is 224 g/mol. The molecule has 88 valence electrons. The van der Waals surface area contributed by atoms with Gasteiger partial charge in [0.1, 0.15) is 6.04 Å². The van der Waals surface area contributed by atoms with Gasteiger partial charge in [-0.05, 0) is 26.0 Å². The van der Waals surface area contributed by atoms with Crippen molar-refractivity contribution in [2.45, 2.75) is 25.9 Å². The Hall–Kier alpha value is -1.06. The lowest BCUT2D eigenvalue weighted by Crippen LogP contribution is -2.92. The zero-order valence-electron chi connectivity index (χ0n) is 9.83. The Labute approximate surface area is 101 Å². The van der Waals surface area contributed by atoms with Gasteiger partial charge in [-0.15, -0.1) is 0 Å². The van der Waals surface area contributed by atoms with Crippen molar-refractivity contribution in [3.63, 3.8) is 0 Å². The van der Waals surface area contributed by atoms with Crippen LogP contribution in [0.15, 0.2) is 24.3 Å². The molecule has 3 nitrogen and oxygen atoms in total. The van der Waals surface area contributed by atoms with Gasteiger partial charge >= 0.3 is 0 Å². The van der Waals surface area contributed by atoms with Gasteiger partial charge in [0.15, 0.2) is 6.04 Å². The van der Waals surface area contributed by atoms with Crippen molar-refractivity contribution >= 4 is 17.5 Å². The molecule has 0 saturated carbocycles. The average molecular weight is 242 g/mol. The third kappa shape index (κ3) is 3.51. The molecule has 0 spiro atoms. The Morgan fingerprint density at radius 2 is 2.12 bits per heavy atom. The van der Waals surface area contributed by atoms with Crippen LogP contribution in [0.5, 0.6) is 0 Å². The normalized spacial score (nSPS) is 14.2. The predicted molar refractivity (Wildman–Crippen MR) is 65.3 cm³/mol. The largest absolute Gasteiger partial charge is 0.354 e. The summed E-state index contributed by atoms with van der Waals surface area (Å²) in [5.41, 5.74) is 1.13. The van der Waals surface area contributed by atoms with Crippen molar-refractivity contribution in [1.29, 1.82) is 0 Å². The van der Waals surface area contributed by atoms with Crippen LogP contribution >= 0.6 is 11.6 Å². The second-order valence-corrected chi connectivity index (χ2v) is 4.38. The van der Waals surface area contributed by atoms with Gasteiger partial charge in [-0.2, -0.15) is 0 Å². The van der Waals surface area contributed by atoms with Crippen LogP contribution in [0.1, 0.15) is 25.5 Å². The van der Waals surface area contributed by atoms with E-state index in [9.17, 15) is 4.79 Å². The van der Waals surface area contributed by atoms with E-state index in [4.69, 9.17) is 11.6 Å². The lowest BCUT2D eigenvalue weighted by molar-refractivity contribution is -0.710. The second kappa shape index (κ2) is 5.87. The van der Waals surface area contributed by atoms with Gasteiger partial charge in [-0.3, -0.25) is 4.79 Å². The van der Waals surface area contributed by atoms with Gasteiger partial charge < -0.3 is 10.6 Å². The summed E-state index contributed by atoms with van der Waals surface area (Å²) in [6.45, 7) is 3.95. The monoisotopic (exact) mass is 241 g/mol. The predicted octanol–water partition coefficient (Wildman–Crippen LogP) is 1.10. The lowest BCUT2D eigenvalue weighted by Gasteiger charge is -2.16. The van der Waals surface area contributed by atoms with Crippen molar-refractivity contribution in [3.05, 3.63) is 34.9 Å². The number of rotatable bonds is 4. The molecule has 0 heterocycles. The van der Waals surface area contributed by atoms with Crippen molar-refractivity contribution in [1.82, 2.24) is 5.32 Å². The zero-order valence-corrected chi connectivity index (χ0v) is 10.6. The molecule has 1 amide bonds. The Kier molecular flexibility index (Phi) is 4.77. The summed E-state index contributed by atoms with van der Waals surface area (Å²) in [6, 6.07) is 7.83. The number of likely N-dealkylation sites (N-methyl/N-ethyl adjacent to an activating group) is 1. The second-order valence-electron chi connectivity index (χ2n) is 3.94. The molecule has 0 fully saturated rings. The molecular formula is C12H18ClN2O+. The smallest absolute Gasteiger partial charge is 0.277 e. The average Bonchev–Trinajstić information content (AvgIpc) is 2.27. The van der Waals surface area contributed by atoms with Gasteiger partial charge in [0.2, 0.25) is 0 Å². The van der Waals surface area contributed by atoms with Crippen LogP contribution < -0.4 is 10.6 Å². The van der Waals surface area contributed by atoms with Crippen molar-refractivity contribution < 1.29 is 10.1 Å². The third-order valence-corrected chi connectivity index (χ3v) is 2.85. The molecule has 3 N–H and O–H groups in total. The summed E-state index contributed by atoms with van der Waals surface area (Å²) in [7, 11) is 1.65. The third-order valence-electron chi connectivity index (χ3n) is 2.61. The number of hydrogen-bond acceptors (Lipinski definition) is 1. The van der Waals surface area contributed by atoms with E-state index >= 15 is 0 Å². The maximum atomic E-state index is 11.4. The number of quaternary nitrogens is 1. The SMILES string of the molecule is CNC(=O)[C@@H](C)[NH2+][C@@H](C)c1cccc(Cl)c1. The van der Waals surface area contributed by atoms with Crippen LogP contribution in [-0.2, 0) is 4.79 Å². The minimum Gasteiger partial charge on any atom is -0.354 e. The first kappa shape index (κ1) is 13.0. The highest BCUT2D eigenvalue weighted by Crippen LogP contribution is 2.14. The van der Waals surface area contributed by atoms with Gasteiger partial charge in [-0.1, -0.05) is 23.7 Å². The number of carbonyl (C=O) groups excluding carboxylic acids is 1. The first-order valence-corrected chi connectivity index (χ1v) is 5.74. The van der Waals surface area contributed by atoms with Gasteiger partial charge in [0, 0.05) is 17.6 Å². The summed E-state index contributed by atoms with van der Waals surface area (Å²) in [4.78, 5) is 11.4. The molecule has 0 bridgehead atoms. The van der Waals surface area contributed by atoms with Gasteiger partial charge in [0.25, 0.3) is 5.91 Å². The highest BCUT2D eigenvalue weighted by atomic mass is 35.5. The van der Waals surface area contributed by atoms with Crippen molar-refractivity contribution in [2.24, 2.45) is 0 Å². The molecule has 0 aliphatic carbocycles. The highest BCUT2D eigenvalue weighted by molar-refractivity contribution is 6.30. The molecule has 4 heteroatoms. The lowest BCUT2D eigenvalue weighted by atomic mass is 10.1. The van der Waals surface area contributed by atoms with Crippen LogP contribution in [0.4, 0.5) is 0 Å². The summed E-state index contributed by atoms with van der Waals surface area (Å²) < 4.78 is 0. The summed E-state index contributed by atoms with van der Waals surface area (Å²) in [5.74, 6) is 0.0360. The van der Waals surface area contributed by atoms with Crippen LogP contribution in [-0.4, -0.2) is 19.0 Å². The van der Waals surface area contributed by atoms with E-state index in [0.29, 0.717) is 0 Å². The summed E-state index contributed by atoms with van der Waals surface area (Å²) in [6.07, 6.45) is 0. The molecule has 0 unspecified atom stereocenters. The maximum Gasteiger partial charge on any atom is 0.277 e. The van der Waals surface area contributed by atoms with Crippen molar-refractivity contribution in [2.75, 3.05) is 7.05 Å². The van der Waals surface area contributed by atoms with E-state index in [0.717, 1.165) is 10.6 Å². The van der Waals surface area contributed by atoms with E-state index in [2.05, 4.69) is 12.2 Å². The van der Waals surface area contributed by atoms with Crippen LogP contribution in [0.25, 0.3) is 0 Å². The number of amides is 1. The number of benzene rings is 1. The quantitative estimate of drug-likeness (QED) is 0.815. The number of nitrogens with one attached hydrogen (secondary N) is 1. The molecule has 0 saturated heterocycles. The van der Waals surface area contributed by atoms with Crippen molar-refractivity contribution in [3.8, 4) is 0 Å². The number of nitrogens with two attached hydrogens (primary N) is 1. The molecule has 0 radical (unpaired) electrons. The standard InChI is InChI=1S/C12H17ClN2O/c1-8(15-9(2)12(16)14-3)10-5-4-6-11(13)7-10/h4-9,15H,1-3H3,(H,14,16)/p+1/t8-,9+/m0/s1. The fourth-order valence-corrected chi connectivity index (χ4v) is 1.85. The summed E-state index contributed by atoms with van der Waals surface area (Å²) >= 11 is 5.92. The zero-order chi connectivity index (χ0) is 12.1. The first-order chi connectivity index (χ1) is 7.54. The van der Waals surface area contributed by atoms with Crippen LogP contribution in [0, 0.1) is 0 Å². The fraction of sp³-hybridized carbons (Fsp3) is 0.417. The molecule has 0 aromatic heterocycles. The number of halogens is 1.